The Morgan fingerprint density at radius 2 is 1.75 bits per heavy atom. The molecule has 3 aromatic carbocycles. The maximum atomic E-state index is 12.1. The number of imidazole rings is 1. The smallest absolute Gasteiger partial charge is 0.286 e. The van der Waals surface area contributed by atoms with Gasteiger partial charge in [-0.15, -0.1) is 0 Å². The summed E-state index contributed by atoms with van der Waals surface area (Å²) < 4.78 is 13.5. The van der Waals surface area contributed by atoms with Crippen LogP contribution in [0, 0.1) is 5.92 Å². The molecule has 1 saturated heterocycles. The molecule has 1 aliphatic heterocycles. The van der Waals surface area contributed by atoms with E-state index in [0.29, 0.717) is 24.7 Å². The van der Waals surface area contributed by atoms with Gasteiger partial charge in [0.1, 0.15) is 34.4 Å². The lowest BCUT2D eigenvalue weighted by atomic mass is 9.99. The van der Waals surface area contributed by atoms with Crippen LogP contribution in [0.4, 0.5) is 10.5 Å². The average Bonchev–Trinajstić information content (AvgIpc) is 3.36. The fourth-order valence-electron chi connectivity index (χ4n) is 4.84. The van der Waals surface area contributed by atoms with E-state index < -0.39 is 4.75 Å². The van der Waals surface area contributed by atoms with Gasteiger partial charge in [0.25, 0.3) is 5.24 Å². The molecule has 1 unspecified atom stereocenters. The zero-order valence-electron chi connectivity index (χ0n) is 23.4. The molecule has 0 spiro atoms. The van der Waals surface area contributed by atoms with Crippen LogP contribution in [0.15, 0.2) is 66.7 Å². The topological polar surface area (TPSA) is 85.7 Å². The van der Waals surface area contributed by atoms with Crippen LogP contribution in [0.2, 0.25) is 0 Å². The first-order valence-corrected chi connectivity index (χ1v) is 14.1. The minimum absolute atomic E-state index is 0.249. The molecule has 0 saturated carbocycles. The van der Waals surface area contributed by atoms with Crippen molar-refractivity contribution < 1.29 is 19.1 Å². The van der Waals surface area contributed by atoms with E-state index in [1.165, 1.54) is 0 Å². The van der Waals surface area contributed by atoms with Crippen LogP contribution in [-0.4, -0.2) is 39.0 Å². The third kappa shape index (κ3) is 6.09. The molecule has 1 aliphatic rings. The van der Waals surface area contributed by atoms with Crippen molar-refractivity contribution in [2.45, 2.75) is 38.5 Å². The van der Waals surface area contributed by atoms with Crippen molar-refractivity contribution in [3.8, 4) is 17.2 Å². The third-order valence-corrected chi connectivity index (χ3v) is 7.99. The number of benzene rings is 3. The number of nitrogens with zero attached hydrogens (tertiary/aromatic N) is 3. The normalized spacial score (nSPS) is 16.9. The number of aromatic nitrogens is 2. The molecule has 2 amide bonds. The maximum Gasteiger partial charge on any atom is 0.286 e. The minimum atomic E-state index is -0.790. The maximum absolute atomic E-state index is 12.1. The first-order chi connectivity index (χ1) is 19.1. The Labute approximate surface area is 238 Å². The SMILES string of the molecule is CC(C)CN(C)c1cccc(Oc2ccc3nc(COc4ccc(CC5(C)SC(=O)NC5=O)cc4)n(C)c3c2)c1. The van der Waals surface area contributed by atoms with Crippen molar-refractivity contribution in [1.82, 2.24) is 14.9 Å². The third-order valence-electron chi connectivity index (χ3n) is 6.92. The highest BCUT2D eigenvalue weighted by atomic mass is 32.2. The predicted molar refractivity (Wildman–Crippen MR) is 159 cm³/mol. The quantitative estimate of drug-likeness (QED) is 0.244. The van der Waals surface area contributed by atoms with Crippen molar-refractivity contribution in [1.29, 1.82) is 0 Å². The molecular formula is C31H34N4O4S. The highest BCUT2D eigenvalue weighted by Gasteiger charge is 2.43. The molecule has 1 N–H and O–H groups in total. The Balaban J connectivity index is 1.24. The summed E-state index contributed by atoms with van der Waals surface area (Å²) in [5, 5.41) is 2.06. The van der Waals surface area contributed by atoms with Crippen LogP contribution >= 0.6 is 11.8 Å². The number of thioether (sulfide) groups is 1. The number of fused-ring (bicyclic) bond motifs is 1. The van der Waals surface area contributed by atoms with Crippen molar-refractivity contribution in [3.63, 3.8) is 0 Å². The van der Waals surface area contributed by atoms with Gasteiger partial charge in [0.15, 0.2) is 0 Å². The molecule has 1 atom stereocenters. The van der Waals surface area contributed by atoms with Crippen molar-refractivity contribution in [2.75, 3.05) is 18.5 Å². The molecule has 0 aliphatic carbocycles. The standard InChI is InChI=1S/C31H34N4O4S/c1-20(2)18-34(4)22-7-6-8-24(15-22)39-25-13-14-26-27(16-25)35(5)28(32-26)19-38-23-11-9-21(10-12-23)17-31(3)29(36)33-30(37)40-31/h6-16,20H,17-19H2,1-5H3,(H,33,36,37). The van der Waals surface area contributed by atoms with Gasteiger partial charge in [0, 0.05) is 38.5 Å². The highest BCUT2D eigenvalue weighted by Crippen LogP contribution is 2.35. The van der Waals surface area contributed by atoms with Crippen LogP contribution < -0.4 is 19.7 Å². The van der Waals surface area contributed by atoms with Gasteiger partial charge in [-0.25, -0.2) is 4.98 Å². The van der Waals surface area contributed by atoms with Gasteiger partial charge in [-0.1, -0.05) is 32.0 Å². The summed E-state index contributed by atoms with van der Waals surface area (Å²) in [6.07, 6.45) is 0.462. The summed E-state index contributed by atoms with van der Waals surface area (Å²) in [5.41, 5.74) is 3.89. The number of hydrogen-bond acceptors (Lipinski definition) is 7. The molecular weight excluding hydrogens is 524 g/mol. The van der Waals surface area contributed by atoms with Gasteiger partial charge in [-0.3, -0.25) is 14.9 Å². The second-order valence-electron chi connectivity index (χ2n) is 10.8. The van der Waals surface area contributed by atoms with Gasteiger partial charge in [-0.05, 0) is 73.0 Å². The lowest BCUT2D eigenvalue weighted by Gasteiger charge is -2.22. The zero-order chi connectivity index (χ0) is 28.4. The van der Waals surface area contributed by atoms with Crippen LogP contribution in [0.5, 0.6) is 17.2 Å². The Morgan fingerprint density at radius 1 is 1.02 bits per heavy atom. The molecule has 1 fully saturated rings. The molecule has 1 aromatic heterocycles. The Kier molecular flexibility index (Phi) is 7.76. The Bertz CT molecular complexity index is 1550. The lowest BCUT2D eigenvalue weighted by Crippen LogP contribution is -2.35. The number of amides is 2. The number of anilines is 1. The fraction of sp³-hybridized carbons (Fsp3) is 0.323. The summed E-state index contributed by atoms with van der Waals surface area (Å²) in [4.78, 5) is 30.7. The number of hydrogen-bond donors (Lipinski definition) is 1. The molecule has 2 heterocycles. The Hall–Kier alpha value is -3.98. The lowest BCUT2D eigenvalue weighted by molar-refractivity contribution is -0.121. The second kappa shape index (κ2) is 11.3. The van der Waals surface area contributed by atoms with E-state index in [1.807, 2.05) is 66.2 Å². The van der Waals surface area contributed by atoms with Gasteiger partial charge >= 0.3 is 0 Å². The molecule has 5 rings (SSSR count). The molecule has 0 bridgehead atoms. The average molecular weight is 559 g/mol. The van der Waals surface area contributed by atoms with Gasteiger partial charge in [0.2, 0.25) is 5.91 Å². The van der Waals surface area contributed by atoms with Crippen molar-refractivity contribution >= 4 is 39.6 Å². The van der Waals surface area contributed by atoms with E-state index >= 15 is 0 Å². The van der Waals surface area contributed by atoms with Crippen LogP contribution in [0.3, 0.4) is 0 Å². The summed E-state index contributed by atoms with van der Waals surface area (Å²) in [7, 11) is 4.06. The number of ether oxygens (including phenoxy) is 2. The van der Waals surface area contributed by atoms with E-state index in [-0.39, 0.29) is 11.1 Å². The fourth-order valence-corrected chi connectivity index (χ4v) is 5.78. The zero-order valence-corrected chi connectivity index (χ0v) is 24.2. The van der Waals surface area contributed by atoms with E-state index in [2.05, 4.69) is 43.2 Å². The molecule has 0 radical (unpaired) electrons. The van der Waals surface area contributed by atoms with Crippen LogP contribution in [0.1, 0.15) is 32.2 Å². The first kappa shape index (κ1) is 27.6. The number of aryl methyl sites for hydroxylation is 1. The molecule has 40 heavy (non-hydrogen) atoms. The number of imide groups is 1. The Morgan fingerprint density at radius 3 is 2.45 bits per heavy atom. The minimum Gasteiger partial charge on any atom is -0.486 e. The number of nitrogens with one attached hydrogen (secondary N) is 1. The van der Waals surface area contributed by atoms with Crippen molar-refractivity contribution in [2.24, 2.45) is 13.0 Å². The summed E-state index contributed by atoms with van der Waals surface area (Å²) in [6, 6.07) is 21.6. The highest BCUT2D eigenvalue weighted by molar-refractivity contribution is 8.16. The van der Waals surface area contributed by atoms with Gasteiger partial charge < -0.3 is 18.9 Å². The molecule has 4 aromatic rings. The van der Waals surface area contributed by atoms with Crippen LogP contribution in [-0.2, 0) is 24.9 Å². The monoisotopic (exact) mass is 558 g/mol. The van der Waals surface area contributed by atoms with E-state index in [0.717, 1.165) is 57.9 Å². The van der Waals surface area contributed by atoms with Crippen molar-refractivity contribution in [3.05, 3.63) is 78.1 Å². The number of carbonyl (C=O) groups excluding carboxylic acids is 2. The van der Waals surface area contributed by atoms with Crippen LogP contribution in [0.25, 0.3) is 11.0 Å². The first-order valence-electron chi connectivity index (χ1n) is 13.3. The van der Waals surface area contributed by atoms with E-state index in [4.69, 9.17) is 14.5 Å². The largest absolute Gasteiger partial charge is 0.486 e. The molecule has 9 heteroatoms. The van der Waals surface area contributed by atoms with Gasteiger partial charge in [-0.2, -0.15) is 0 Å². The number of rotatable bonds is 10. The predicted octanol–water partition coefficient (Wildman–Crippen LogP) is 6.32. The van der Waals surface area contributed by atoms with E-state index in [1.54, 1.807) is 6.92 Å². The summed E-state index contributed by atoms with van der Waals surface area (Å²) in [5.74, 6) is 3.34. The second-order valence-corrected chi connectivity index (χ2v) is 12.3. The number of carbonyl (C=O) groups is 2. The molecule has 8 nitrogen and oxygen atoms in total. The van der Waals surface area contributed by atoms with Gasteiger partial charge in [0.05, 0.1) is 11.0 Å². The van der Waals surface area contributed by atoms with E-state index in [9.17, 15) is 9.59 Å². The summed E-state index contributed by atoms with van der Waals surface area (Å²) >= 11 is 1.04. The summed E-state index contributed by atoms with van der Waals surface area (Å²) in [6.45, 7) is 7.47. The molecule has 208 valence electrons.